The molecule has 0 bridgehead atoms. The summed E-state index contributed by atoms with van der Waals surface area (Å²) in [5.41, 5.74) is 2.02. The first-order chi connectivity index (χ1) is 17.0. The lowest BCUT2D eigenvalue weighted by atomic mass is 10.2. The van der Waals surface area contributed by atoms with Gasteiger partial charge in [0.05, 0.1) is 28.6 Å². The van der Waals surface area contributed by atoms with Gasteiger partial charge in [-0.3, -0.25) is 0 Å². The topological polar surface area (TPSA) is 143 Å². The molecule has 11 nitrogen and oxygen atoms in total. The minimum atomic E-state index is -3.83. The third kappa shape index (κ3) is 4.82. The summed E-state index contributed by atoms with van der Waals surface area (Å²) >= 11 is 0. The second kappa shape index (κ2) is 9.12. The second-order valence-corrected chi connectivity index (χ2v) is 13.3. The number of nitrogens with zero attached hydrogens (tertiary/aromatic N) is 4. The first-order valence-electron chi connectivity index (χ1n) is 11.8. The number of carbonyl (C=O) groups is 1. The average Bonchev–Trinajstić information content (AvgIpc) is 3.52. The number of urea groups is 1. The maximum Gasteiger partial charge on any atom is 0.318 e. The number of hydrogen-bond acceptors (Lipinski definition) is 7. The van der Waals surface area contributed by atoms with Crippen molar-refractivity contribution in [2.45, 2.75) is 61.9 Å². The molecule has 1 saturated carbocycles. The predicted octanol–water partition coefficient (Wildman–Crippen LogP) is 1.73. The molecule has 1 aromatic carbocycles. The van der Waals surface area contributed by atoms with Crippen molar-refractivity contribution in [2.24, 2.45) is 0 Å². The summed E-state index contributed by atoms with van der Waals surface area (Å²) in [5.74, 6) is 0. The van der Waals surface area contributed by atoms with Crippen LogP contribution in [0.25, 0.3) is 11.2 Å². The number of hydrogen-bond donors (Lipinski definition) is 2. The van der Waals surface area contributed by atoms with Gasteiger partial charge in [0.25, 0.3) is 10.0 Å². The van der Waals surface area contributed by atoms with E-state index in [9.17, 15) is 21.6 Å². The van der Waals surface area contributed by atoms with Crippen molar-refractivity contribution in [3.05, 3.63) is 54.0 Å². The molecule has 3 heterocycles. The van der Waals surface area contributed by atoms with Crippen LogP contribution in [0.2, 0.25) is 0 Å². The third-order valence-corrected chi connectivity index (χ3v) is 10.2. The zero-order valence-corrected chi connectivity index (χ0v) is 21.6. The van der Waals surface area contributed by atoms with E-state index in [2.05, 4.69) is 20.0 Å². The van der Waals surface area contributed by atoms with Gasteiger partial charge in [0.15, 0.2) is 5.65 Å². The molecule has 5 rings (SSSR count). The van der Waals surface area contributed by atoms with Gasteiger partial charge >= 0.3 is 6.03 Å². The largest absolute Gasteiger partial charge is 0.332 e. The van der Waals surface area contributed by atoms with E-state index >= 15 is 0 Å². The normalized spacial score (nSPS) is 20.7. The zero-order chi connectivity index (χ0) is 25.7. The zero-order valence-electron chi connectivity index (χ0n) is 20.0. The molecule has 3 aromatic rings. The van der Waals surface area contributed by atoms with E-state index in [-0.39, 0.29) is 40.5 Å². The van der Waals surface area contributed by atoms with Crippen LogP contribution in [0.5, 0.6) is 0 Å². The van der Waals surface area contributed by atoms with Crippen LogP contribution in [-0.4, -0.2) is 65.6 Å². The summed E-state index contributed by atoms with van der Waals surface area (Å²) in [6, 6.07) is 7.39. The van der Waals surface area contributed by atoms with Crippen LogP contribution in [0.15, 0.2) is 47.6 Å². The molecule has 1 aliphatic carbocycles. The Morgan fingerprint density at radius 3 is 2.53 bits per heavy atom. The van der Waals surface area contributed by atoms with Crippen molar-refractivity contribution in [3.8, 4) is 0 Å². The Hall–Kier alpha value is -3.03. The number of aromatic nitrogens is 3. The standard InChI is InChI=1S/C23H28N6O5S2/c1-15-3-5-20(6-4-15)36(33,34)29-10-9-21-22(29)24-12-18(26-21)13-25-23(30)28-14-17(11-16(28)2)27-35(31,32)19-7-8-19/h3-6,9-10,12,16-17,19,27H,7-8,11,13-14H2,1-2H3,(H,25,30)/t16-,17+/m1/s1. The van der Waals surface area contributed by atoms with E-state index in [0.717, 1.165) is 9.54 Å². The van der Waals surface area contributed by atoms with Crippen molar-refractivity contribution in [1.29, 1.82) is 0 Å². The summed E-state index contributed by atoms with van der Waals surface area (Å²) in [5, 5.41) is 2.50. The summed E-state index contributed by atoms with van der Waals surface area (Å²) in [4.78, 5) is 23.3. The molecule has 2 aliphatic rings. The van der Waals surface area contributed by atoms with Gasteiger partial charge in [-0.15, -0.1) is 0 Å². The SMILES string of the molecule is Cc1ccc(S(=O)(=O)n2ccc3nc(CNC(=O)N4C[C@@H](NS(=O)(=O)C5CC5)C[C@H]4C)cnc32)cc1. The van der Waals surface area contributed by atoms with Crippen LogP contribution >= 0.6 is 0 Å². The number of aryl methyl sites for hydroxylation is 1. The molecule has 13 heteroatoms. The smallest absolute Gasteiger partial charge is 0.318 e. The van der Waals surface area contributed by atoms with E-state index < -0.39 is 20.0 Å². The van der Waals surface area contributed by atoms with Crippen molar-refractivity contribution < 1.29 is 21.6 Å². The predicted molar refractivity (Wildman–Crippen MR) is 133 cm³/mol. The minimum Gasteiger partial charge on any atom is -0.332 e. The Kier molecular flexibility index (Phi) is 6.25. The number of rotatable bonds is 7. The lowest BCUT2D eigenvalue weighted by Crippen LogP contribution is -2.44. The maximum absolute atomic E-state index is 13.0. The third-order valence-electron chi connectivity index (χ3n) is 6.53. The van der Waals surface area contributed by atoms with Crippen molar-refractivity contribution >= 4 is 37.2 Å². The Balaban J connectivity index is 1.24. The molecule has 2 aromatic heterocycles. The van der Waals surface area contributed by atoms with Gasteiger partial charge in [0.1, 0.15) is 5.52 Å². The highest BCUT2D eigenvalue weighted by Crippen LogP contribution is 2.29. The van der Waals surface area contributed by atoms with Crippen molar-refractivity contribution in [3.63, 3.8) is 0 Å². The molecule has 0 radical (unpaired) electrons. The molecule has 36 heavy (non-hydrogen) atoms. The van der Waals surface area contributed by atoms with E-state index in [1.54, 1.807) is 35.2 Å². The van der Waals surface area contributed by atoms with Gasteiger partial charge in [-0.2, -0.15) is 0 Å². The first-order valence-corrected chi connectivity index (χ1v) is 14.7. The molecule has 0 unspecified atom stereocenters. The minimum absolute atomic E-state index is 0.0966. The fourth-order valence-corrected chi connectivity index (χ4v) is 7.28. The van der Waals surface area contributed by atoms with Gasteiger partial charge in [-0.25, -0.2) is 40.3 Å². The highest BCUT2D eigenvalue weighted by Gasteiger charge is 2.40. The number of fused-ring (bicyclic) bond motifs is 1. The van der Waals surface area contributed by atoms with E-state index in [1.165, 1.54) is 12.4 Å². The van der Waals surface area contributed by atoms with Gasteiger partial charge in [0, 0.05) is 24.8 Å². The number of sulfonamides is 1. The fourth-order valence-electron chi connectivity index (χ4n) is 4.40. The van der Waals surface area contributed by atoms with Gasteiger partial charge in [-0.1, -0.05) is 17.7 Å². The highest BCUT2D eigenvalue weighted by molar-refractivity contribution is 7.90. The molecule has 2 amide bonds. The van der Waals surface area contributed by atoms with Crippen LogP contribution in [0.4, 0.5) is 4.79 Å². The summed E-state index contributed by atoms with van der Waals surface area (Å²) in [6.07, 6.45) is 4.78. The van der Waals surface area contributed by atoms with Gasteiger partial charge < -0.3 is 10.2 Å². The van der Waals surface area contributed by atoms with Crippen molar-refractivity contribution in [2.75, 3.05) is 6.54 Å². The van der Waals surface area contributed by atoms with Gasteiger partial charge in [-0.05, 0) is 51.3 Å². The number of nitrogens with one attached hydrogen (secondary N) is 2. The first kappa shape index (κ1) is 24.7. The van der Waals surface area contributed by atoms with E-state index in [0.29, 0.717) is 37.0 Å². The Morgan fingerprint density at radius 2 is 1.83 bits per heavy atom. The maximum atomic E-state index is 13.0. The van der Waals surface area contributed by atoms with Crippen LogP contribution in [0.1, 0.15) is 37.4 Å². The highest BCUT2D eigenvalue weighted by atomic mass is 32.2. The van der Waals surface area contributed by atoms with Gasteiger partial charge in [0.2, 0.25) is 10.0 Å². The molecule has 2 fully saturated rings. The molecular formula is C23H28N6O5S2. The number of carbonyl (C=O) groups excluding carboxylic acids is 1. The molecule has 0 spiro atoms. The fraction of sp³-hybridized carbons (Fsp3) is 0.435. The Labute approximate surface area is 210 Å². The number of amides is 2. The molecular weight excluding hydrogens is 504 g/mol. The van der Waals surface area contributed by atoms with Crippen LogP contribution in [0, 0.1) is 6.92 Å². The van der Waals surface area contributed by atoms with Crippen LogP contribution < -0.4 is 10.0 Å². The van der Waals surface area contributed by atoms with Crippen LogP contribution in [0.3, 0.4) is 0 Å². The molecule has 1 aliphatic heterocycles. The molecule has 2 atom stereocenters. The summed E-state index contributed by atoms with van der Waals surface area (Å²) in [7, 11) is -7.14. The monoisotopic (exact) mass is 532 g/mol. The molecule has 2 N–H and O–H groups in total. The second-order valence-electron chi connectivity index (χ2n) is 9.45. The molecule has 1 saturated heterocycles. The van der Waals surface area contributed by atoms with Crippen LogP contribution in [-0.2, 0) is 26.6 Å². The average molecular weight is 533 g/mol. The summed E-state index contributed by atoms with van der Waals surface area (Å²) in [6.45, 7) is 4.16. The lowest BCUT2D eigenvalue weighted by molar-refractivity contribution is 0.195. The van der Waals surface area contributed by atoms with E-state index in [1.807, 2.05) is 13.8 Å². The van der Waals surface area contributed by atoms with Crippen molar-refractivity contribution in [1.82, 2.24) is 28.9 Å². The Morgan fingerprint density at radius 1 is 1.11 bits per heavy atom. The number of benzene rings is 1. The van der Waals surface area contributed by atoms with E-state index in [4.69, 9.17) is 0 Å². The molecule has 192 valence electrons. The quantitative estimate of drug-likeness (QED) is 0.472. The Bertz CT molecular complexity index is 1510. The number of likely N-dealkylation sites (tertiary alicyclic amines) is 1. The summed E-state index contributed by atoms with van der Waals surface area (Å²) < 4.78 is 54.4. The lowest BCUT2D eigenvalue weighted by Gasteiger charge is -2.21.